The third kappa shape index (κ3) is 4.44. The lowest BCUT2D eigenvalue weighted by molar-refractivity contribution is 0.000438. The summed E-state index contributed by atoms with van der Waals surface area (Å²) in [6.07, 6.45) is 4.28. The minimum Gasteiger partial charge on any atom is -0.374 e. The quantitative estimate of drug-likeness (QED) is 0.822. The number of carbonyl (C=O) groups excluding carboxylic acids is 1. The molecule has 3 rings (SSSR count). The molecule has 0 unspecified atom stereocenters. The normalized spacial score (nSPS) is 18.8. The fourth-order valence-electron chi connectivity index (χ4n) is 2.64. The van der Waals surface area contributed by atoms with Gasteiger partial charge in [0.05, 0.1) is 24.7 Å². The van der Waals surface area contributed by atoms with Crippen molar-refractivity contribution in [1.29, 1.82) is 0 Å². The predicted octanol–water partition coefficient (Wildman–Crippen LogP) is 0.263. The first kappa shape index (κ1) is 17.6. The maximum atomic E-state index is 12.4. The third-order valence-corrected chi connectivity index (χ3v) is 5.21. The van der Waals surface area contributed by atoms with Crippen molar-refractivity contribution in [2.24, 2.45) is 0 Å². The van der Waals surface area contributed by atoms with E-state index in [4.69, 9.17) is 4.74 Å². The Labute approximate surface area is 146 Å². The molecule has 1 fully saturated rings. The van der Waals surface area contributed by atoms with E-state index in [2.05, 4.69) is 10.4 Å². The van der Waals surface area contributed by atoms with Crippen LogP contribution in [0.5, 0.6) is 0 Å². The van der Waals surface area contributed by atoms with E-state index < -0.39 is 10.0 Å². The van der Waals surface area contributed by atoms with Crippen LogP contribution >= 0.6 is 0 Å². The van der Waals surface area contributed by atoms with E-state index in [0.717, 1.165) is 5.69 Å². The number of hydrogen-bond acceptors (Lipinski definition) is 5. The van der Waals surface area contributed by atoms with Gasteiger partial charge in [0.25, 0.3) is 5.91 Å². The first-order valence-corrected chi connectivity index (χ1v) is 9.73. The van der Waals surface area contributed by atoms with Crippen LogP contribution in [0.3, 0.4) is 0 Å². The molecule has 1 N–H and O–H groups in total. The Morgan fingerprint density at radius 3 is 2.96 bits per heavy atom. The number of nitrogens with zero attached hydrogens (tertiary/aromatic N) is 3. The molecule has 1 aliphatic rings. The van der Waals surface area contributed by atoms with Crippen molar-refractivity contribution in [3.8, 4) is 5.69 Å². The molecule has 1 aromatic heterocycles. The molecule has 0 radical (unpaired) electrons. The van der Waals surface area contributed by atoms with Gasteiger partial charge in [0.2, 0.25) is 10.0 Å². The molecule has 134 valence electrons. The Morgan fingerprint density at radius 1 is 1.40 bits per heavy atom. The molecule has 0 bridgehead atoms. The van der Waals surface area contributed by atoms with Gasteiger partial charge in [-0.25, -0.2) is 13.1 Å². The molecule has 2 aromatic rings. The Kier molecular flexibility index (Phi) is 5.16. The molecular weight excluding hydrogens is 344 g/mol. The van der Waals surface area contributed by atoms with Crippen LogP contribution in [0.25, 0.3) is 5.69 Å². The van der Waals surface area contributed by atoms with Crippen molar-refractivity contribution in [2.45, 2.75) is 6.10 Å². The molecule has 0 saturated carbocycles. The van der Waals surface area contributed by atoms with Gasteiger partial charge in [-0.2, -0.15) is 9.40 Å². The second kappa shape index (κ2) is 7.34. The van der Waals surface area contributed by atoms with Crippen molar-refractivity contribution in [3.05, 3.63) is 48.3 Å². The van der Waals surface area contributed by atoms with Crippen LogP contribution in [-0.2, 0) is 14.8 Å². The van der Waals surface area contributed by atoms with E-state index in [0.29, 0.717) is 18.7 Å². The third-order valence-electron chi connectivity index (χ3n) is 3.94. The summed E-state index contributed by atoms with van der Waals surface area (Å²) in [6, 6.07) is 8.91. The van der Waals surface area contributed by atoms with Gasteiger partial charge < -0.3 is 10.1 Å². The van der Waals surface area contributed by atoms with Gasteiger partial charge >= 0.3 is 0 Å². The summed E-state index contributed by atoms with van der Waals surface area (Å²) in [5.41, 5.74) is 1.29. The largest absolute Gasteiger partial charge is 0.374 e. The van der Waals surface area contributed by atoms with Gasteiger partial charge in [0.15, 0.2) is 0 Å². The van der Waals surface area contributed by atoms with Crippen molar-refractivity contribution < 1.29 is 17.9 Å². The molecule has 9 heteroatoms. The minimum atomic E-state index is -3.25. The summed E-state index contributed by atoms with van der Waals surface area (Å²) < 4.78 is 31.8. The number of sulfonamides is 1. The molecule has 2 heterocycles. The highest BCUT2D eigenvalue weighted by Crippen LogP contribution is 2.11. The average molecular weight is 364 g/mol. The molecule has 1 saturated heterocycles. The lowest BCUT2D eigenvalue weighted by Gasteiger charge is -2.31. The highest BCUT2D eigenvalue weighted by atomic mass is 32.2. The zero-order chi connectivity index (χ0) is 17.9. The number of amides is 1. The Hall–Kier alpha value is -2.23. The van der Waals surface area contributed by atoms with Crippen LogP contribution in [0.4, 0.5) is 0 Å². The minimum absolute atomic E-state index is 0.242. The van der Waals surface area contributed by atoms with Crippen LogP contribution < -0.4 is 5.32 Å². The second-order valence-electron chi connectivity index (χ2n) is 5.82. The van der Waals surface area contributed by atoms with Crippen molar-refractivity contribution >= 4 is 15.9 Å². The van der Waals surface area contributed by atoms with Crippen LogP contribution in [-0.4, -0.2) is 67.0 Å². The van der Waals surface area contributed by atoms with Crippen LogP contribution in [0, 0.1) is 0 Å². The van der Waals surface area contributed by atoms with E-state index in [-0.39, 0.29) is 25.1 Å². The summed E-state index contributed by atoms with van der Waals surface area (Å²) in [5.74, 6) is -0.242. The summed E-state index contributed by atoms with van der Waals surface area (Å²) in [7, 11) is -3.25. The van der Waals surface area contributed by atoms with E-state index >= 15 is 0 Å². The Balaban J connectivity index is 1.60. The fourth-order valence-corrected chi connectivity index (χ4v) is 3.48. The number of nitrogens with one attached hydrogen (secondary N) is 1. The van der Waals surface area contributed by atoms with Crippen molar-refractivity contribution in [1.82, 2.24) is 19.4 Å². The topological polar surface area (TPSA) is 93.5 Å². The second-order valence-corrected chi connectivity index (χ2v) is 7.81. The van der Waals surface area contributed by atoms with Gasteiger partial charge in [-0.05, 0) is 24.3 Å². The monoisotopic (exact) mass is 364 g/mol. The van der Waals surface area contributed by atoms with Gasteiger partial charge in [-0.3, -0.25) is 4.79 Å². The number of rotatable bonds is 5. The lowest BCUT2D eigenvalue weighted by Crippen LogP contribution is -2.49. The first-order valence-electron chi connectivity index (χ1n) is 7.88. The average Bonchev–Trinajstić information content (AvgIpc) is 3.14. The number of aromatic nitrogens is 2. The summed E-state index contributed by atoms with van der Waals surface area (Å²) in [5, 5.41) is 6.94. The van der Waals surface area contributed by atoms with E-state index in [1.54, 1.807) is 41.3 Å². The summed E-state index contributed by atoms with van der Waals surface area (Å²) >= 11 is 0. The Morgan fingerprint density at radius 2 is 2.24 bits per heavy atom. The first-order chi connectivity index (χ1) is 11.9. The fraction of sp³-hybridized carbons (Fsp3) is 0.375. The molecule has 8 nitrogen and oxygen atoms in total. The molecule has 1 aromatic carbocycles. The van der Waals surface area contributed by atoms with Gasteiger partial charge in [0, 0.05) is 37.6 Å². The van der Waals surface area contributed by atoms with Crippen LogP contribution in [0.15, 0.2) is 42.7 Å². The number of hydrogen-bond donors (Lipinski definition) is 1. The van der Waals surface area contributed by atoms with E-state index in [9.17, 15) is 13.2 Å². The number of carbonyl (C=O) groups is 1. The maximum Gasteiger partial charge on any atom is 0.251 e. The number of ether oxygens (including phenoxy) is 1. The summed E-state index contributed by atoms with van der Waals surface area (Å²) in [4.78, 5) is 12.4. The molecule has 1 aliphatic heterocycles. The van der Waals surface area contributed by atoms with Crippen molar-refractivity contribution in [3.63, 3.8) is 0 Å². The van der Waals surface area contributed by atoms with Crippen molar-refractivity contribution in [2.75, 3.05) is 32.5 Å². The molecule has 1 amide bonds. The van der Waals surface area contributed by atoms with Gasteiger partial charge in [0.1, 0.15) is 0 Å². The summed E-state index contributed by atoms with van der Waals surface area (Å²) in [6.45, 7) is 1.15. The number of morpholine rings is 1. The molecule has 1 atom stereocenters. The van der Waals surface area contributed by atoms with Gasteiger partial charge in [-0.15, -0.1) is 0 Å². The van der Waals surface area contributed by atoms with E-state index in [1.165, 1.54) is 10.6 Å². The highest BCUT2D eigenvalue weighted by Gasteiger charge is 2.26. The standard InChI is InChI=1S/C16H20N4O4S/c1-25(22,23)19-8-9-24-15(12-19)11-17-16(21)13-4-2-5-14(10-13)20-7-3-6-18-20/h2-7,10,15H,8-9,11-12H2,1H3,(H,17,21)/t15-/m1/s1. The lowest BCUT2D eigenvalue weighted by atomic mass is 10.2. The van der Waals surface area contributed by atoms with Gasteiger partial charge in [-0.1, -0.05) is 6.07 Å². The molecule has 0 spiro atoms. The zero-order valence-corrected chi connectivity index (χ0v) is 14.6. The highest BCUT2D eigenvalue weighted by molar-refractivity contribution is 7.88. The molecule has 0 aliphatic carbocycles. The smallest absolute Gasteiger partial charge is 0.251 e. The number of benzene rings is 1. The van der Waals surface area contributed by atoms with E-state index in [1.807, 2.05) is 6.07 Å². The predicted molar refractivity (Wildman–Crippen MR) is 92.1 cm³/mol. The zero-order valence-electron chi connectivity index (χ0n) is 13.8. The maximum absolute atomic E-state index is 12.4. The Bertz CT molecular complexity index is 836. The van der Waals surface area contributed by atoms with Crippen LogP contribution in [0.1, 0.15) is 10.4 Å². The SMILES string of the molecule is CS(=O)(=O)N1CCO[C@H](CNC(=O)c2cccc(-n3cccn3)c2)C1. The molecular formula is C16H20N4O4S. The molecule has 25 heavy (non-hydrogen) atoms. The van der Waals surface area contributed by atoms with Crippen LogP contribution in [0.2, 0.25) is 0 Å².